The highest BCUT2D eigenvalue weighted by Gasteiger charge is 2.33. The molecule has 0 spiro atoms. The van der Waals surface area contributed by atoms with Crippen molar-refractivity contribution in [2.75, 3.05) is 26.2 Å². The molecule has 1 aromatic carbocycles. The number of nitrogens with zero attached hydrogens (tertiary/aromatic N) is 1. The van der Waals surface area contributed by atoms with Crippen LogP contribution in [-0.4, -0.2) is 37.3 Å². The predicted molar refractivity (Wildman–Crippen MR) is 83.3 cm³/mol. The van der Waals surface area contributed by atoms with Gasteiger partial charge in [-0.2, -0.15) is 13.2 Å². The Hall–Kier alpha value is -0.700. The lowest BCUT2D eigenvalue weighted by atomic mass is 9.98. The molecule has 1 saturated heterocycles. The smallest absolute Gasteiger partial charge is 0.314 e. The molecule has 10 heteroatoms. The summed E-state index contributed by atoms with van der Waals surface area (Å²) in [7, 11) is 0. The molecule has 24 heavy (non-hydrogen) atoms. The number of hydrogen-bond acceptors (Lipinski definition) is 2. The largest absolute Gasteiger partial charge is 0.389 e. The van der Waals surface area contributed by atoms with Crippen molar-refractivity contribution in [3.8, 4) is 0 Å². The van der Waals surface area contributed by atoms with E-state index in [1.807, 2.05) is 0 Å². The highest BCUT2D eigenvalue weighted by atomic mass is 35.5. The predicted octanol–water partition coefficient (Wildman–Crippen LogP) is 4.24. The molecule has 1 atom stereocenters. The van der Waals surface area contributed by atoms with Crippen molar-refractivity contribution in [2.24, 2.45) is 0 Å². The Morgan fingerprint density at radius 3 is 1.96 bits per heavy atom. The van der Waals surface area contributed by atoms with Crippen LogP contribution in [0.1, 0.15) is 24.4 Å². The first kappa shape index (κ1) is 23.3. The summed E-state index contributed by atoms with van der Waals surface area (Å²) in [4.78, 5) is 1.60. The molecule has 2 nitrogen and oxygen atoms in total. The van der Waals surface area contributed by atoms with Crippen molar-refractivity contribution in [1.29, 1.82) is 0 Å². The lowest BCUT2D eigenvalue weighted by molar-refractivity contribution is -0.138. The van der Waals surface area contributed by atoms with Crippen LogP contribution in [0.2, 0.25) is 0 Å². The minimum atomic E-state index is -4.42. The van der Waals surface area contributed by atoms with Gasteiger partial charge in [0.15, 0.2) is 0 Å². The van der Waals surface area contributed by atoms with Crippen molar-refractivity contribution in [3.05, 3.63) is 35.1 Å². The third kappa shape index (κ3) is 6.31. The fraction of sp³-hybridized carbons (Fsp3) is 0.571. The summed E-state index contributed by atoms with van der Waals surface area (Å²) in [6.07, 6.45) is -6.04. The molecule has 0 bridgehead atoms. The standard InChI is InChI=1S/C14H16F6N2.2ClH/c15-9-7-10(16)13(11(17)8-9)12(1-2-14(18,19)20)22-5-3-21-4-6-22;;/h7-8,12,21H,1-6H2;2*1H/t12-;;/m1../s1. The molecule has 0 amide bonds. The van der Waals surface area contributed by atoms with E-state index < -0.39 is 48.1 Å². The van der Waals surface area contributed by atoms with E-state index in [2.05, 4.69) is 5.32 Å². The van der Waals surface area contributed by atoms with E-state index in [4.69, 9.17) is 0 Å². The van der Waals surface area contributed by atoms with Gasteiger partial charge >= 0.3 is 6.18 Å². The molecule has 1 heterocycles. The number of halogens is 8. The summed E-state index contributed by atoms with van der Waals surface area (Å²) >= 11 is 0. The minimum absolute atomic E-state index is 0. The van der Waals surface area contributed by atoms with E-state index in [1.165, 1.54) is 0 Å². The van der Waals surface area contributed by atoms with Gasteiger partial charge in [-0.05, 0) is 6.42 Å². The third-order valence-corrected chi connectivity index (χ3v) is 3.67. The zero-order chi connectivity index (χ0) is 16.3. The van der Waals surface area contributed by atoms with Gasteiger partial charge in [0.05, 0.1) is 0 Å². The van der Waals surface area contributed by atoms with Gasteiger partial charge in [-0.25, -0.2) is 13.2 Å². The van der Waals surface area contributed by atoms with E-state index in [0.717, 1.165) is 0 Å². The highest BCUT2D eigenvalue weighted by molar-refractivity contribution is 5.85. The molecule has 0 aliphatic carbocycles. The molecule has 140 valence electrons. The quantitative estimate of drug-likeness (QED) is 0.763. The van der Waals surface area contributed by atoms with E-state index >= 15 is 0 Å². The normalized spacial score (nSPS) is 16.9. The summed E-state index contributed by atoms with van der Waals surface area (Å²) in [5.41, 5.74) is -0.493. The van der Waals surface area contributed by atoms with Crippen LogP contribution in [0.4, 0.5) is 26.3 Å². The van der Waals surface area contributed by atoms with Crippen LogP contribution in [0.5, 0.6) is 0 Å². The van der Waals surface area contributed by atoms with Gasteiger partial charge < -0.3 is 5.32 Å². The maximum absolute atomic E-state index is 13.9. The zero-order valence-corrected chi connectivity index (χ0v) is 14.1. The van der Waals surface area contributed by atoms with Crippen molar-refractivity contribution in [1.82, 2.24) is 10.2 Å². The first-order valence-corrected chi connectivity index (χ1v) is 6.94. The molecule has 1 aromatic rings. The van der Waals surface area contributed by atoms with Crippen molar-refractivity contribution < 1.29 is 26.3 Å². The molecule has 1 N–H and O–H groups in total. The lowest BCUT2D eigenvalue weighted by Crippen LogP contribution is -2.45. The third-order valence-electron chi connectivity index (χ3n) is 3.67. The van der Waals surface area contributed by atoms with Gasteiger partial charge in [0.1, 0.15) is 17.5 Å². The van der Waals surface area contributed by atoms with Crippen LogP contribution in [0, 0.1) is 17.5 Å². The lowest BCUT2D eigenvalue weighted by Gasteiger charge is -2.35. The molecule has 0 aromatic heterocycles. The monoisotopic (exact) mass is 398 g/mol. The summed E-state index contributed by atoms with van der Waals surface area (Å²) in [5.74, 6) is -3.39. The molecule has 1 aliphatic rings. The fourth-order valence-corrected chi connectivity index (χ4v) is 2.68. The summed E-state index contributed by atoms with van der Waals surface area (Å²) in [5, 5.41) is 3.02. The van der Waals surface area contributed by atoms with Crippen LogP contribution in [-0.2, 0) is 0 Å². The Morgan fingerprint density at radius 2 is 1.50 bits per heavy atom. The van der Waals surface area contributed by atoms with Crippen LogP contribution < -0.4 is 5.32 Å². The van der Waals surface area contributed by atoms with Gasteiger partial charge in [0.25, 0.3) is 0 Å². The van der Waals surface area contributed by atoms with Crippen LogP contribution in [0.25, 0.3) is 0 Å². The average Bonchev–Trinajstić information content (AvgIpc) is 2.41. The Kier molecular flexibility index (Phi) is 9.41. The molecule has 1 fully saturated rings. The molecule has 0 saturated carbocycles. The number of rotatable bonds is 4. The number of hydrogen-bond donors (Lipinski definition) is 1. The highest BCUT2D eigenvalue weighted by Crippen LogP contribution is 2.34. The van der Waals surface area contributed by atoms with Crippen molar-refractivity contribution >= 4 is 24.8 Å². The number of alkyl halides is 3. The second kappa shape index (κ2) is 9.70. The average molecular weight is 399 g/mol. The van der Waals surface area contributed by atoms with E-state index in [9.17, 15) is 26.3 Å². The van der Waals surface area contributed by atoms with Gasteiger partial charge in [0, 0.05) is 56.3 Å². The number of benzene rings is 1. The maximum atomic E-state index is 13.9. The molecular formula is C14H18Cl2F6N2. The van der Waals surface area contributed by atoms with Crippen LogP contribution in [0.15, 0.2) is 12.1 Å². The topological polar surface area (TPSA) is 15.3 Å². The minimum Gasteiger partial charge on any atom is -0.314 e. The molecule has 0 radical (unpaired) electrons. The Balaban J connectivity index is 0.00000264. The van der Waals surface area contributed by atoms with Gasteiger partial charge in [0.2, 0.25) is 0 Å². The first-order valence-electron chi connectivity index (χ1n) is 6.94. The second-order valence-corrected chi connectivity index (χ2v) is 5.24. The van der Waals surface area contributed by atoms with Crippen LogP contribution >= 0.6 is 24.8 Å². The van der Waals surface area contributed by atoms with Gasteiger partial charge in [-0.1, -0.05) is 0 Å². The Labute approximate surface area is 148 Å². The number of nitrogens with one attached hydrogen (secondary N) is 1. The summed E-state index contributed by atoms with van der Waals surface area (Å²) in [6, 6.07) is -0.0631. The van der Waals surface area contributed by atoms with Gasteiger partial charge in [-0.3, -0.25) is 4.90 Å². The van der Waals surface area contributed by atoms with Gasteiger partial charge in [-0.15, -0.1) is 24.8 Å². The van der Waals surface area contributed by atoms with Crippen molar-refractivity contribution in [3.63, 3.8) is 0 Å². The van der Waals surface area contributed by atoms with E-state index in [1.54, 1.807) is 4.90 Å². The first-order chi connectivity index (χ1) is 10.3. The second-order valence-electron chi connectivity index (χ2n) is 5.24. The molecular weight excluding hydrogens is 381 g/mol. The molecule has 1 aliphatic heterocycles. The van der Waals surface area contributed by atoms with Crippen molar-refractivity contribution in [2.45, 2.75) is 25.1 Å². The molecule has 2 rings (SSSR count). The zero-order valence-electron chi connectivity index (χ0n) is 12.5. The van der Waals surface area contributed by atoms with E-state index in [-0.39, 0.29) is 24.8 Å². The summed E-state index contributed by atoms with van der Waals surface area (Å²) in [6.45, 7) is 1.79. The fourth-order valence-electron chi connectivity index (χ4n) is 2.68. The summed E-state index contributed by atoms with van der Waals surface area (Å²) < 4.78 is 78.3. The van der Waals surface area contributed by atoms with E-state index in [0.29, 0.717) is 38.3 Å². The number of piperazine rings is 1. The Morgan fingerprint density at radius 1 is 1.00 bits per heavy atom. The Bertz CT molecular complexity index is 497. The molecule has 0 unspecified atom stereocenters. The SMILES string of the molecule is Cl.Cl.Fc1cc(F)c([C@@H](CCC(F)(F)F)N2CCNCC2)c(F)c1. The maximum Gasteiger partial charge on any atom is 0.389 e. The van der Waals surface area contributed by atoms with Crippen LogP contribution in [0.3, 0.4) is 0 Å².